The second-order valence-electron chi connectivity index (χ2n) is 7.38. The number of amides is 1. The number of hydrogen-bond acceptors (Lipinski definition) is 5. The molecule has 0 saturated carbocycles. The van der Waals surface area contributed by atoms with Gasteiger partial charge in [-0.15, -0.1) is 0 Å². The van der Waals surface area contributed by atoms with Crippen molar-refractivity contribution in [3.05, 3.63) is 71.3 Å². The van der Waals surface area contributed by atoms with E-state index in [1.807, 2.05) is 31.2 Å². The maximum Gasteiger partial charge on any atom is 0.251 e. The number of aromatic nitrogens is 3. The van der Waals surface area contributed by atoms with Gasteiger partial charge in [0.05, 0.1) is 16.8 Å². The first kappa shape index (κ1) is 21.5. The molecule has 31 heavy (non-hydrogen) atoms. The van der Waals surface area contributed by atoms with E-state index in [-0.39, 0.29) is 27.4 Å². The molecule has 2 aromatic carbocycles. The number of benzene rings is 2. The van der Waals surface area contributed by atoms with Crippen molar-refractivity contribution in [3.63, 3.8) is 0 Å². The Morgan fingerprint density at radius 1 is 1.13 bits per heavy atom. The zero-order valence-electron chi connectivity index (χ0n) is 16.9. The summed E-state index contributed by atoms with van der Waals surface area (Å²) >= 11 is 6.17. The van der Waals surface area contributed by atoms with Crippen LogP contribution in [0.15, 0.2) is 60.0 Å². The molecule has 1 atom stereocenters. The van der Waals surface area contributed by atoms with E-state index >= 15 is 0 Å². The Morgan fingerprint density at radius 2 is 1.84 bits per heavy atom. The molecule has 0 bridgehead atoms. The fourth-order valence-electron chi connectivity index (χ4n) is 3.53. The first-order chi connectivity index (χ1) is 14.9. The van der Waals surface area contributed by atoms with Crippen LogP contribution in [0.4, 0.5) is 0 Å². The molecule has 1 N–H and O–H groups in total. The smallest absolute Gasteiger partial charge is 0.251 e. The monoisotopic (exact) mass is 459 g/mol. The lowest BCUT2D eigenvalue weighted by Crippen LogP contribution is -2.29. The quantitative estimate of drug-likeness (QED) is 0.610. The summed E-state index contributed by atoms with van der Waals surface area (Å²) in [5.74, 6) is -0.373. The van der Waals surface area contributed by atoms with E-state index in [1.165, 1.54) is 28.8 Å². The summed E-state index contributed by atoms with van der Waals surface area (Å²) in [4.78, 5) is 16.7. The Morgan fingerprint density at radius 3 is 2.48 bits per heavy atom. The van der Waals surface area contributed by atoms with Crippen LogP contribution in [0.3, 0.4) is 0 Å². The Bertz CT molecular complexity index is 1170. The van der Waals surface area contributed by atoms with Crippen LogP contribution in [0, 0.1) is 0 Å². The summed E-state index contributed by atoms with van der Waals surface area (Å²) in [6.45, 7) is 2.80. The zero-order valence-corrected chi connectivity index (χ0v) is 18.5. The van der Waals surface area contributed by atoms with Gasteiger partial charge in [0, 0.05) is 18.7 Å². The standard InChI is InChI=1S/C21H22ClN5O3S/c1-15(16-4-7-18(8-5-16)27-14-23-13-24-27)25-21(28)17-6-9-19(22)20(12-17)31(29,30)26-10-2-3-11-26/h4-9,12-15H,2-3,10-11H2,1H3,(H,25,28)/t15-/m1/s1. The lowest BCUT2D eigenvalue weighted by molar-refractivity contribution is 0.0939. The third kappa shape index (κ3) is 4.48. The van der Waals surface area contributed by atoms with Crippen molar-refractivity contribution in [2.75, 3.05) is 13.1 Å². The van der Waals surface area contributed by atoms with Gasteiger partial charge < -0.3 is 5.32 Å². The van der Waals surface area contributed by atoms with Gasteiger partial charge >= 0.3 is 0 Å². The Balaban J connectivity index is 1.50. The number of sulfonamides is 1. The minimum Gasteiger partial charge on any atom is -0.346 e. The number of carbonyl (C=O) groups is 1. The zero-order chi connectivity index (χ0) is 22.0. The third-order valence-corrected chi connectivity index (χ3v) is 7.68. The number of halogens is 1. The first-order valence-corrected chi connectivity index (χ1v) is 11.7. The predicted molar refractivity (Wildman–Crippen MR) is 117 cm³/mol. The molecule has 1 aliphatic heterocycles. The molecule has 1 aromatic heterocycles. The van der Waals surface area contributed by atoms with Gasteiger partial charge in [-0.05, 0) is 55.7 Å². The van der Waals surface area contributed by atoms with Gasteiger partial charge in [-0.2, -0.15) is 9.40 Å². The summed E-state index contributed by atoms with van der Waals surface area (Å²) in [5, 5.41) is 7.11. The molecule has 10 heteroatoms. The molecule has 2 heterocycles. The summed E-state index contributed by atoms with van der Waals surface area (Å²) in [6.07, 6.45) is 4.71. The van der Waals surface area contributed by atoms with E-state index in [0.717, 1.165) is 24.1 Å². The van der Waals surface area contributed by atoms with Gasteiger partial charge in [-0.3, -0.25) is 4.79 Å². The molecule has 0 unspecified atom stereocenters. The molecule has 1 aliphatic rings. The average Bonchev–Trinajstić information content (AvgIpc) is 3.48. The summed E-state index contributed by atoms with van der Waals surface area (Å²) in [5.41, 5.74) is 2.00. The van der Waals surface area contributed by atoms with Crippen molar-refractivity contribution in [1.82, 2.24) is 24.4 Å². The van der Waals surface area contributed by atoms with Crippen molar-refractivity contribution in [2.24, 2.45) is 0 Å². The summed E-state index contributed by atoms with van der Waals surface area (Å²) < 4.78 is 28.9. The van der Waals surface area contributed by atoms with E-state index in [1.54, 1.807) is 11.0 Å². The van der Waals surface area contributed by atoms with Crippen LogP contribution < -0.4 is 5.32 Å². The molecular formula is C21H22ClN5O3S. The molecule has 1 amide bonds. The second kappa shape index (κ2) is 8.78. The number of nitrogens with zero attached hydrogens (tertiary/aromatic N) is 4. The predicted octanol–water partition coefficient (Wildman–Crippen LogP) is 3.20. The lowest BCUT2D eigenvalue weighted by atomic mass is 10.1. The van der Waals surface area contributed by atoms with Gasteiger partial charge in [0.15, 0.2) is 0 Å². The largest absolute Gasteiger partial charge is 0.346 e. The van der Waals surface area contributed by atoms with Crippen LogP contribution >= 0.6 is 11.6 Å². The molecular weight excluding hydrogens is 438 g/mol. The van der Waals surface area contributed by atoms with Crippen LogP contribution in [-0.4, -0.2) is 46.5 Å². The van der Waals surface area contributed by atoms with Crippen molar-refractivity contribution in [2.45, 2.75) is 30.7 Å². The molecule has 0 aliphatic carbocycles. The van der Waals surface area contributed by atoms with E-state index in [0.29, 0.717) is 13.1 Å². The highest BCUT2D eigenvalue weighted by atomic mass is 35.5. The lowest BCUT2D eigenvalue weighted by Gasteiger charge is -2.18. The van der Waals surface area contributed by atoms with Gasteiger partial charge in [-0.25, -0.2) is 18.1 Å². The van der Waals surface area contributed by atoms with Crippen molar-refractivity contribution < 1.29 is 13.2 Å². The number of rotatable bonds is 6. The Labute approximate surface area is 185 Å². The van der Waals surface area contributed by atoms with Gasteiger partial charge in [0.2, 0.25) is 10.0 Å². The topological polar surface area (TPSA) is 97.2 Å². The van der Waals surface area contributed by atoms with Crippen molar-refractivity contribution in [3.8, 4) is 5.69 Å². The van der Waals surface area contributed by atoms with Gasteiger partial charge in [-0.1, -0.05) is 23.7 Å². The summed E-state index contributed by atoms with van der Waals surface area (Å²) in [6, 6.07) is 11.6. The van der Waals surface area contributed by atoms with E-state index in [2.05, 4.69) is 15.4 Å². The fourth-order valence-corrected chi connectivity index (χ4v) is 5.55. The van der Waals surface area contributed by atoms with Crippen LogP contribution in [0.5, 0.6) is 0 Å². The van der Waals surface area contributed by atoms with Gasteiger partial charge in [0.25, 0.3) is 5.91 Å². The first-order valence-electron chi connectivity index (χ1n) is 9.92. The summed E-state index contributed by atoms with van der Waals surface area (Å²) in [7, 11) is -3.72. The van der Waals surface area contributed by atoms with Crippen molar-refractivity contribution >= 4 is 27.5 Å². The molecule has 8 nitrogen and oxygen atoms in total. The number of nitrogens with one attached hydrogen (secondary N) is 1. The molecule has 162 valence electrons. The highest BCUT2D eigenvalue weighted by Gasteiger charge is 2.30. The molecule has 4 rings (SSSR count). The third-order valence-electron chi connectivity index (χ3n) is 5.30. The highest BCUT2D eigenvalue weighted by molar-refractivity contribution is 7.89. The molecule has 0 radical (unpaired) electrons. The number of hydrogen-bond donors (Lipinski definition) is 1. The van der Waals surface area contributed by atoms with E-state index in [9.17, 15) is 13.2 Å². The molecule has 0 spiro atoms. The van der Waals surface area contributed by atoms with Crippen LogP contribution in [0.2, 0.25) is 5.02 Å². The van der Waals surface area contributed by atoms with Crippen LogP contribution in [0.1, 0.15) is 41.7 Å². The van der Waals surface area contributed by atoms with Gasteiger partial charge in [0.1, 0.15) is 17.6 Å². The highest BCUT2D eigenvalue weighted by Crippen LogP contribution is 2.28. The second-order valence-corrected chi connectivity index (χ2v) is 9.70. The van der Waals surface area contributed by atoms with Crippen LogP contribution in [0.25, 0.3) is 5.69 Å². The minimum absolute atomic E-state index is 0.0337. The van der Waals surface area contributed by atoms with E-state index in [4.69, 9.17) is 11.6 Å². The molecule has 3 aromatic rings. The SMILES string of the molecule is C[C@@H](NC(=O)c1ccc(Cl)c(S(=O)(=O)N2CCCC2)c1)c1ccc(-n2cncn2)cc1. The normalized spacial score (nSPS) is 15.7. The Hall–Kier alpha value is -2.75. The maximum absolute atomic E-state index is 12.9. The Kier molecular flexibility index (Phi) is 6.08. The van der Waals surface area contributed by atoms with Crippen LogP contribution in [-0.2, 0) is 10.0 Å². The fraction of sp³-hybridized carbons (Fsp3) is 0.286. The van der Waals surface area contributed by atoms with Crippen molar-refractivity contribution in [1.29, 1.82) is 0 Å². The minimum atomic E-state index is -3.72. The van der Waals surface area contributed by atoms with E-state index < -0.39 is 10.0 Å². The number of carbonyl (C=O) groups excluding carboxylic acids is 1. The molecule has 1 saturated heterocycles. The molecule has 1 fully saturated rings. The maximum atomic E-state index is 12.9. The average molecular weight is 460 g/mol.